The normalized spacial score (nSPS) is 16.9. The maximum absolute atomic E-state index is 5.81. The number of hydrogen-bond acceptors (Lipinski definition) is 3. The highest BCUT2D eigenvalue weighted by Gasteiger charge is 2.41. The first-order valence-electron chi connectivity index (χ1n) is 6.22. The van der Waals surface area contributed by atoms with Gasteiger partial charge in [-0.25, -0.2) is 4.98 Å². The molecule has 3 nitrogen and oxygen atoms in total. The van der Waals surface area contributed by atoms with Crippen LogP contribution in [0.15, 0.2) is 10.7 Å². The van der Waals surface area contributed by atoms with Gasteiger partial charge in [-0.1, -0.05) is 13.3 Å². The van der Waals surface area contributed by atoms with Crippen LogP contribution in [-0.4, -0.2) is 11.5 Å². The van der Waals surface area contributed by atoms with Gasteiger partial charge in [-0.05, 0) is 53.1 Å². The largest absolute Gasteiger partial charge is 0.397 e. The van der Waals surface area contributed by atoms with E-state index in [2.05, 4.69) is 33.2 Å². The number of halogens is 1. The number of nitrogens with one attached hydrogen (secondary N) is 1. The van der Waals surface area contributed by atoms with Crippen molar-refractivity contribution in [3.05, 3.63) is 16.2 Å². The minimum absolute atomic E-state index is 0.533. The van der Waals surface area contributed by atoms with Crippen molar-refractivity contribution in [2.45, 2.75) is 39.5 Å². The van der Waals surface area contributed by atoms with Gasteiger partial charge in [0.2, 0.25) is 0 Å². The van der Waals surface area contributed by atoms with Crippen LogP contribution < -0.4 is 11.1 Å². The minimum Gasteiger partial charge on any atom is -0.397 e. The van der Waals surface area contributed by atoms with Crippen molar-refractivity contribution in [2.75, 3.05) is 17.6 Å². The fraction of sp³-hybridized carbons (Fsp3) is 0.615. The van der Waals surface area contributed by atoms with Crippen molar-refractivity contribution in [1.29, 1.82) is 0 Å². The van der Waals surface area contributed by atoms with Gasteiger partial charge in [0.05, 0.1) is 16.4 Å². The molecule has 0 saturated heterocycles. The molecule has 94 valence electrons. The highest BCUT2D eigenvalue weighted by atomic mass is 79.9. The first kappa shape index (κ1) is 12.7. The Hall–Kier alpha value is -0.770. The molecule has 1 aromatic rings. The van der Waals surface area contributed by atoms with E-state index in [1.54, 1.807) is 6.20 Å². The molecular weight excluding hydrogens is 278 g/mol. The van der Waals surface area contributed by atoms with Crippen LogP contribution in [0.1, 0.15) is 38.2 Å². The van der Waals surface area contributed by atoms with Gasteiger partial charge in [0, 0.05) is 6.54 Å². The van der Waals surface area contributed by atoms with E-state index in [1.165, 1.54) is 25.7 Å². The van der Waals surface area contributed by atoms with Crippen LogP contribution in [0.5, 0.6) is 0 Å². The molecule has 1 saturated carbocycles. The van der Waals surface area contributed by atoms with E-state index in [9.17, 15) is 0 Å². The van der Waals surface area contributed by atoms with Crippen LogP contribution in [-0.2, 0) is 0 Å². The van der Waals surface area contributed by atoms with Crippen molar-refractivity contribution in [2.24, 2.45) is 5.41 Å². The van der Waals surface area contributed by atoms with Crippen LogP contribution in [0.25, 0.3) is 0 Å². The molecule has 4 heteroatoms. The molecule has 0 aliphatic heterocycles. The third kappa shape index (κ3) is 2.73. The molecule has 2 rings (SSSR count). The molecule has 1 aliphatic rings. The molecule has 0 atom stereocenters. The van der Waals surface area contributed by atoms with E-state index in [4.69, 9.17) is 5.73 Å². The monoisotopic (exact) mass is 297 g/mol. The summed E-state index contributed by atoms with van der Waals surface area (Å²) >= 11 is 3.55. The van der Waals surface area contributed by atoms with Crippen LogP contribution in [0.3, 0.4) is 0 Å². The zero-order chi connectivity index (χ0) is 12.5. The lowest BCUT2D eigenvalue weighted by Gasteiger charge is -2.17. The first-order valence-corrected chi connectivity index (χ1v) is 7.02. The quantitative estimate of drug-likeness (QED) is 0.871. The predicted molar refractivity (Wildman–Crippen MR) is 76.2 cm³/mol. The standard InChI is InChI=1S/C13H20BrN3/c1-3-4-13(5-6-13)8-17-12-11(14)9(2)10(15)7-16-12/h7H,3-6,8,15H2,1-2H3,(H,16,17). The Bertz CT molecular complexity index is 413. The Labute approximate surface area is 111 Å². The molecule has 1 heterocycles. The molecule has 3 N–H and O–H groups in total. The molecule has 1 fully saturated rings. The van der Waals surface area contributed by atoms with Crippen LogP contribution >= 0.6 is 15.9 Å². The number of rotatable bonds is 5. The second-order valence-corrected chi connectivity index (χ2v) is 5.90. The highest BCUT2D eigenvalue weighted by Crippen LogP contribution is 2.49. The summed E-state index contributed by atoms with van der Waals surface area (Å²) in [6, 6.07) is 0. The summed E-state index contributed by atoms with van der Waals surface area (Å²) in [6.45, 7) is 5.28. The molecule has 0 spiro atoms. The SMILES string of the molecule is CCCC1(CNc2ncc(N)c(C)c2Br)CC1. The van der Waals surface area contributed by atoms with Gasteiger partial charge in [0.25, 0.3) is 0 Å². The van der Waals surface area contributed by atoms with Crippen molar-refractivity contribution >= 4 is 27.4 Å². The maximum atomic E-state index is 5.81. The third-order valence-electron chi connectivity index (χ3n) is 3.67. The Morgan fingerprint density at radius 1 is 1.53 bits per heavy atom. The van der Waals surface area contributed by atoms with E-state index in [-0.39, 0.29) is 0 Å². The van der Waals surface area contributed by atoms with Crippen molar-refractivity contribution in [3.8, 4) is 0 Å². The van der Waals surface area contributed by atoms with E-state index < -0.39 is 0 Å². The number of hydrogen-bond donors (Lipinski definition) is 2. The Balaban J connectivity index is 2.02. The molecular formula is C13H20BrN3. The fourth-order valence-corrected chi connectivity index (χ4v) is 2.68. The van der Waals surface area contributed by atoms with E-state index in [0.29, 0.717) is 5.41 Å². The number of nitrogens with two attached hydrogens (primary N) is 1. The van der Waals surface area contributed by atoms with Gasteiger partial charge in [-0.2, -0.15) is 0 Å². The summed E-state index contributed by atoms with van der Waals surface area (Å²) < 4.78 is 0.991. The fourth-order valence-electron chi connectivity index (χ4n) is 2.21. The van der Waals surface area contributed by atoms with E-state index in [1.807, 2.05) is 6.92 Å². The summed E-state index contributed by atoms with van der Waals surface area (Å²) in [5.74, 6) is 0.916. The van der Waals surface area contributed by atoms with Crippen LogP contribution in [0.2, 0.25) is 0 Å². The summed E-state index contributed by atoms with van der Waals surface area (Å²) in [5, 5.41) is 3.46. The second kappa shape index (κ2) is 4.84. The number of nitrogen functional groups attached to an aromatic ring is 1. The zero-order valence-corrected chi connectivity index (χ0v) is 12.1. The molecule has 0 unspecified atom stereocenters. The molecule has 0 aromatic carbocycles. The van der Waals surface area contributed by atoms with Gasteiger partial charge in [-0.3, -0.25) is 0 Å². The molecule has 0 amide bonds. The Morgan fingerprint density at radius 2 is 2.24 bits per heavy atom. The van der Waals surface area contributed by atoms with Gasteiger partial charge >= 0.3 is 0 Å². The Morgan fingerprint density at radius 3 is 2.82 bits per heavy atom. The van der Waals surface area contributed by atoms with Crippen molar-refractivity contribution in [1.82, 2.24) is 4.98 Å². The number of anilines is 2. The summed E-state index contributed by atoms with van der Waals surface area (Å²) in [6.07, 6.45) is 6.99. The van der Waals surface area contributed by atoms with Crippen molar-refractivity contribution < 1.29 is 0 Å². The average Bonchev–Trinajstić information content (AvgIpc) is 3.06. The van der Waals surface area contributed by atoms with Crippen LogP contribution in [0.4, 0.5) is 11.5 Å². The first-order chi connectivity index (χ1) is 8.08. The highest BCUT2D eigenvalue weighted by molar-refractivity contribution is 9.10. The lowest BCUT2D eigenvalue weighted by atomic mass is 10.0. The summed E-state index contributed by atoms with van der Waals surface area (Å²) in [4.78, 5) is 4.35. The third-order valence-corrected chi connectivity index (χ3v) is 4.64. The van der Waals surface area contributed by atoms with Gasteiger partial charge in [0.15, 0.2) is 0 Å². The Kier molecular flexibility index (Phi) is 3.61. The van der Waals surface area contributed by atoms with Crippen LogP contribution in [0, 0.1) is 12.3 Å². The van der Waals surface area contributed by atoms with E-state index in [0.717, 1.165) is 28.1 Å². The number of aromatic nitrogens is 1. The summed E-state index contributed by atoms with van der Waals surface area (Å²) in [5.41, 5.74) is 8.14. The number of nitrogens with zero attached hydrogens (tertiary/aromatic N) is 1. The molecule has 0 radical (unpaired) electrons. The average molecular weight is 298 g/mol. The van der Waals surface area contributed by atoms with Crippen molar-refractivity contribution in [3.63, 3.8) is 0 Å². The second-order valence-electron chi connectivity index (χ2n) is 5.10. The smallest absolute Gasteiger partial charge is 0.140 e. The summed E-state index contributed by atoms with van der Waals surface area (Å²) in [7, 11) is 0. The van der Waals surface area contributed by atoms with E-state index >= 15 is 0 Å². The lowest BCUT2D eigenvalue weighted by Crippen LogP contribution is -2.16. The number of pyridine rings is 1. The van der Waals surface area contributed by atoms with Gasteiger partial charge in [0.1, 0.15) is 5.82 Å². The predicted octanol–water partition coefficient (Wildman–Crippen LogP) is 3.73. The molecule has 17 heavy (non-hydrogen) atoms. The maximum Gasteiger partial charge on any atom is 0.140 e. The lowest BCUT2D eigenvalue weighted by molar-refractivity contribution is 0.485. The molecule has 1 aromatic heterocycles. The topological polar surface area (TPSA) is 50.9 Å². The molecule has 1 aliphatic carbocycles. The van der Waals surface area contributed by atoms with Gasteiger partial charge < -0.3 is 11.1 Å². The minimum atomic E-state index is 0.533. The van der Waals surface area contributed by atoms with Gasteiger partial charge in [-0.15, -0.1) is 0 Å². The molecule has 0 bridgehead atoms. The zero-order valence-electron chi connectivity index (χ0n) is 10.5.